The first-order chi connectivity index (χ1) is 8.99. The van der Waals surface area contributed by atoms with E-state index in [1.807, 2.05) is 0 Å². The quantitative estimate of drug-likeness (QED) is 0.504. The fourth-order valence-corrected chi connectivity index (χ4v) is 1.75. The number of halogens is 1. The van der Waals surface area contributed by atoms with Crippen LogP contribution < -0.4 is 11.1 Å². The van der Waals surface area contributed by atoms with Gasteiger partial charge in [0.15, 0.2) is 0 Å². The van der Waals surface area contributed by atoms with Crippen molar-refractivity contribution in [1.29, 1.82) is 0 Å². The molecule has 0 amide bonds. The largest absolute Gasteiger partial charge is 0.397 e. The zero-order chi connectivity index (χ0) is 14.0. The molecule has 0 aliphatic rings. The third-order valence-corrected chi connectivity index (χ3v) is 2.72. The molecule has 2 aromatic rings. The van der Waals surface area contributed by atoms with Gasteiger partial charge in [0.1, 0.15) is 11.5 Å². The minimum atomic E-state index is -0.516. The summed E-state index contributed by atoms with van der Waals surface area (Å²) in [5.41, 5.74) is 7.31. The maximum absolute atomic E-state index is 13.0. The summed E-state index contributed by atoms with van der Waals surface area (Å²) in [5.74, 6) is -0.362. The van der Waals surface area contributed by atoms with Crippen molar-refractivity contribution in [1.82, 2.24) is 0 Å². The van der Waals surface area contributed by atoms with E-state index in [0.29, 0.717) is 11.3 Å². The lowest BCUT2D eigenvalue weighted by Gasteiger charge is -2.11. The van der Waals surface area contributed by atoms with Crippen LogP contribution in [0.25, 0.3) is 0 Å². The van der Waals surface area contributed by atoms with Gasteiger partial charge in [-0.1, -0.05) is 6.07 Å². The molecular formula is C13H12FN3O2. The zero-order valence-electron chi connectivity index (χ0n) is 10.2. The minimum absolute atomic E-state index is 0.122. The van der Waals surface area contributed by atoms with Crippen molar-refractivity contribution in [2.45, 2.75) is 6.92 Å². The van der Waals surface area contributed by atoms with Crippen LogP contribution in [0.4, 0.5) is 27.1 Å². The molecule has 2 rings (SSSR count). The molecule has 98 valence electrons. The van der Waals surface area contributed by atoms with Crippen molar-refractivity contribution < 1.29 is 9.31 Å². The standard InChI is InChI=1S/C13H12FN3O2/c1-8-7-9(14)5-6-11(8)16-13-10(15)3-2-4-12(13)17(18)19/h2-7,16H,15H2,1H3. The summed E-state index contributed by atoms with van der Waals surface area (Å²) < 4.78 is 13.0. The normalized spacial score (nSPS) is 10.2. The summed E-state index contributed by atoms with van der Waals surface area (Å²) in [4.78, 5) is 10.4. The molecule has 0 aliphatic carbocycles. The number of hydrogen-bond donors (Lipinski definition) is 2. The first-order valence-electron chi connectivity index (χ1n) is 5.55. The summed E-state index contributed by atoms with van der Waals surface area (Å²) in [6.45, 7) is 1.70. The van der Waals surface area contributed by atoms with Crippen molar-refractivity contribution in [3.05, 3.63) is 57.9 Å². The number of nitrogens with one attached hydrogen (secondary N) is 1. The van der Waals surface area contributed by atoms with E-state index >= 15 is 0 Å². The van der Waals surface area contributed by atoms with E-state index in [1.54, 1.807) is 13.0 Å². The molecular weight excluding hydrogens is 249 g/mol. The Labute approximate surface area is 109 Å². The number of nitrogens with zero attached hydrogens (tertiary/aromatic N) is 1. The first kappa shape index (κ1) is 12.8. The average molecular weight is 261 g/mol. The molecule has 6 heteroatoms. The third-order valence-electron chi connectivity index (χ3n) is 2.72. The fourth-order valence-electron chi connectivity index (χ4n) is 1.75. The predicted molar refractivity (Wildman–Crippen MR) is 71.9 cm³/mol. The second-order valence-electron chi connectivity index (χ2n) is 4.08. The van der Waals surface area contributed by atoms with E-state index in [4.69, 9.17) is 5.73 Å². The summed E-state index contributed by atoms with van der Waals surface area (Å²) in [5, 5.41) is 13.8. The maximum Gasteiger partial charge on any atom is 0.294 e. The fraction of sp³-hybridized carbons (Fsp3) is 0.0769. The smallest absolute Gasteiger partial charge is 0.294 e. The Hall–Kier alpha value is -2.63. The lowest BCUT2D eigenvalue weighted by Crippen LogP contribution is -2.02. The molecule has 0 saturated carbocycles. The van der Waals surface area contributed by atoms with Crippen molar-refractivity contribution in [3.63, 3.8) is 0 Å². The number of para-hydroxylation sites is 1. The van der Waals surface area contributed by atoms with Gasteiger partial charge in [0.05, 0.1) is 10.6 Å². The average Bonchev–Trinajstić information content (AvgIpc) is 2.34. The van der Waals surface area contributed by atoms with E-state index in [1.165, 1.54) is 30.3 Å². The van der Waals surface area contributed by atoms with Crippen LogP contribution in [-0.2, 0) is 0 Å². The van der Waals surface area contributed by atoms with Crippen LogP contribution in [0, 0.1) is 22.9 Å². The van der Waals surface area contributed by atoms with Gasteiger partial charge in [-0.25, -0.2) is 4.39 Å². The van der Waals surface area contributed by atoms with Crippen LogP contribution in [0.15, 0.2) is 36.4 Å². The number of aryl methyl sites for hydroxylation is 1. The van der Waals surface area contributed by atoms with Crippen molar-refractivity contribution in [2.75, 3.05) is 11.1 Å². The number of rotatable bonds is 3. The van der Waals surface area contributed by atoms with Gasteiger partial charge in [-0.2, -0.15) is 0 Å². The van der Waals surface area contributed by atoms with Crippen LogP contribution in [0.5, 0.6) is 0 Å². The minimum Gasteiger partial charge on any atom is -0.397 e. The van der Waals surface area contributed by atoms with E-state index in [2.05, 4.69) is 5.32 Å². The summed E-state index contributed by atoms with van der Waals surface area (Å²) >= 11 is 0. The lowest BCUT2D eigenvalue weighted by molar-refractivity contribution is -0.383. The summed E-state index contributed by atoms with van der Waals surface area (Å²) in [6.07, 6.45) is 0. The molecule has 0 aliphatic heterocycles. The molecule has 19 heavy (non-hydrogen) atoms. The predicted octanol–water partition coefficient (Wildman–Crippen LogP) is 3.37. The zero-order valence-corrected chi connectivity index (χ0v) is 10.2. The molecule has 2 aromatic carbocycles. The number of nitrogen functional groups attached to an aromatic ring is 1. The van der Waals surface area contributed by atoms with Crippen molar-refractivity contribution >= 4 is 22.7 Å². The van der Waals surface area contributed by atoms with Crippen LogP contribution in [0.2, 0.25) is 0 Å². The number of nitro benzene ring substituents is 1. The Kier molecular flexibility index (Phi) is 3.33. The van der Waals surface area contributed by atoms with Gasteiger partial charge in [0.2, 0.25) is 0 Å². The molecule has 5 nitrogen and oxygen atoms in total. The molecule has 0 saturated heterocycles. The number of nitrogens with two attached hydrogens (primary N) is 1. The number of benzene rings is 2. The highest BCUT2D eigenvalue weighted by molar-refractivity contribution is 5.81. The second-order valence-corrected chi connectivity index (χ2v) is 4.08. The van der Waals surface area contributed by atoms with Crippen LogP contribution in [-0.4, -0.2) is 4.92 Å². The Bertz CT molecular complexity index is 644. The summed E-state index contributed by atoms with van der Waals surface area (Å²) in [6, 6.07) is 8.57. The van der Waals surface area contributed by atoms with Gasteiger partial charge >= 0.3 is 0 Å². The van der Waals surface area contributed by atoms with Crippen LogP contribution in [0.1, 0.15) is 5.56 Å². The number of hydrogen-bond acceptors (Lipinski definition) is 4. The first-order valence-corrected chi connectivity index (χ1v) is 5.55. The molecule has 0 bridgehead atoms. The molecule has 0 atom stereocenters. The molecule has 0 fully saturated rings. The topological polar surface area (TPSA) is 81.2 Å². The van der Waals surface area contributed by atoms with Gasteiger partial charge < -0.3 is 11.1 Å². The Morgan fingerprint density at radius 2 is 2.05 bits per heavy atom. The third kappa shape index (κ3) is 2.62. The van der Waals surface area contributed by atoms with Crippen LogP contribution in [0.3, 0.4) is 0 Å². The van der Waals surface area contributed by atoms with Gasteiger partial charge in [-0.05, 0) is 36.8 Å². The Balaban J connectivity index is 2.46. The monoisotopic (exact) mass is 261 g/mol. The number of anilines is 3. The molecule has 0 aromatic heterocycles. The van der Waals surface area contributed by atoms with Gasteiger partial charge in [-0.3, -0.25) is 10.1 Å². The molecule has 0 radical (unpaired) electrons. The van der Waals surface area contributed by atoms with E-state index < -0.39 is 4.92 Å². The second kappa shape index (κ2) is 4.93. The Morgan fingerprint density at radius 3 is 2.68 bits per heavy atom. The van der Waals surface area contributed by atoms with Crippen molar-refractivity contribution in [2.24, 2.45) is 0 Å². The highest BCUT2D eigenvalue weighted by Gasteiger charge is 2.16. The Morgan fingerprint density at radius 1 is 1.32 bits per heavy atom. The van der Waals surface area contributed by atoms with E-state index in [-0.39, 0.29) is 22.9 Å². The highest BCUT2D eigenvalue weighted by Crippen LogP contribution is 2.33. The van der Waals surface area contributed by atoms with E-state index in [0.717, 1.165) is 0 Å². The number of nitro groups is 1. The van der Waals surface area contributed by atoms with Gasteiger partial charge in [0, 0.05) is 11.8 Å². The molecule has 0 spiro atoms. The maximum atomic E-state index is 13.0. The van der Waals surface area contributed by atoms with Crippen molar-refractivity contribution in [3.8, 4) is 0 Å². The molecule has 0 unspecified atom stereocenters. The van der Waals surface area contributed by atoms with Gasteiger partial charge in [0.25, 0.3) is 5.69 Å². The highest BCUT2D eigenvalue weighted by atomic mass is 19.1. The molecule has 3 N–H and O–H groups in total. The van der Waals surface area contributed by atoms with Gasteiger partial charge in [-0.15, -0.1) is 0 Å². The van der Waals surface area contributed by atoms with Crippen LogP contribution >= 0.6 is 0 Å². The van der Waals surface area contributed by atoms with E-state index in [9.17, 15) is 14.5 Å². The molecule has 0 heterocycles. The summed E-state index contributed by atoms with van der Waals surface area (Å²) in [7, 11) is 0. The lowest BCUT2D eigenvalue weighted by atomic mass is 10.1. The SMILES string of the molecule is Cc1cc(F)ccc1Nc1c(N)cccc1[N+](=O)[O-].